The van der Waals surface area contributed by atoms with Crippen LogP contribution >= 0.6 is 11.3 Å². The fourth-order valence-corrected chi connectivity index (χ4v) is 2.79. The van der Waals surface area contributed by atoms with E-state index in [-0.39, 0.29) is 5.91 Å². The zero-order chi connectivity index (χ0) is 12.1. The quantitative estimate of drug-likeness (QED) is 0.858. The molecule has 0 saturated heterocycles. The molecule has 17 heavy (non-hydrogen) atoms. The predicted octanol–water partition coefficient (Wildman–Crippen LogP) is 1.82. The first-order valence-electron chi connectivity index (χ1n) is 6.13. The highest BCUT2D eigenvalue weighted by Gasteiger charge is 2.15. The van der Waals surface area contributed by atoms with Gasteiger partial charge in [-0.05, 0) is 12.3 Å². The number of hydrogen-bond acceptors (Lipinski definition) is 5. The van der Waals surface area contributed by atoms with Gasteiger partial charge in [-0.2, -0.15) is 0 Å². The van der Waals surface area contributed by atoms with Crippen molar-refractivity contribution < 1.29 is 4.79 Å². The summed E-state index contributed by atoms with van der Waals surface area (Å²) < 4.78 is 0. The van der Waals surface area contributed by atoms with Crippen molar-refractivity contribution in [2.24, 2.45) is 5.92 Å². The first-order chi connectivity index (χ1) is 8.25. The Balaban J connectivity index is 1.69. The molecule has 5 nitrogen and oxygen atoms in total. The fraction of sp³-hybridized carbons (Fsp3) is 0.727. The van der Waals surface area contributed by atoms with Crippen molar-refractivity contribution in [2.45, 2.75) is 38.5 Å². The van der Waals surface area contributed by atoms with Gasteiger partial charge < -0.3 is 11.1 Å². The van der Waals surface area contributed by atoms with Crippen LogP contribution in [0.3, 0.4) is 0 Å². The number of anilines is 1. The molecule has 1 fully saturated rings. The van der Waals surface area contributed by atoms with Gasteiger partial charge in [0.25, 0.3) is 5.91 Å². The van der Waals surface area contributed by atoms with E-state index in [1.54, 1.807) is 0 Å². The maximum Gasteiger partial charge on any atom is 0.282 e. The molecule has 1 aromatic rings. The minimum atomic E-state index is -0.157. The lowest BCUT2D eigenvalue weighted by Crippen LogP contribution is -2.26. The van der Waals surface area contributed by atoms with Crippen LogP contribution in [0.2, 0.25) is 0 Å². The highest BCUT2D eigenvalue weighted by atomic mass is 32.1. The van der Waals surface area contributed by atoms with E-state index in [0.29, 0.717) is 10.1 Å². The summed E-state index contributed by atoms with van der Waals surface area (Å²) in [4.78, 5) is 11.6. The summed E-state index contributed by atoms with van der Waals surface area (Å²) in [5, 5.41) is 10.9. The Morgan fingerprint density at radius 1 is 1.35 bits per heavy atom. The number of nitrogens with zero attached hydrogens (tertiary/aromatic N) is 2. The van der Waals surface area contributed by atoms with E-state index in [1.165, 1.54) is 32.1 Å². The van der Waals surface area contributed by atoms with Crippen LogP contribution in [-0.2, 0) is 0 Å². The number of carbonyl (C=O) groups excluding carboxylic acids is 1. The second-order valence-electron chi connectivity index (χ2n) is 4.49. The van der Waals surface area contributed by atoms with Crippen LogP contribution in [-0.4, -0.2) is 22.6 Å². The van der Waals surface area contributed by atoms with Gasteiger partial charge in [0.05, 0.1) is 0 Å². The first kappa shape index (κ1) is 12.3. The number of nitrogen functional groups attached to an aromatic ring is 1. The summed E-state index contributed by atoms with van der Waals surface area (Å²) >= 11 is 1.13. The third-order valence-electron chi connectivity index (χ3n) is 3.20. The Kier molecular flexibility index (Phi) is 4.30. The average Bonchev–Trinajstić information content (AvgIpc) is 2.77. The summed E-state index contributed by atoms with van der Waals surface area (Å²) in [6.07, 6.45) is 7.73. The molecule has 1 heterocycles. The molecule has 0 spiro atoms. The lowest BCUT2D eigenvalue weighted by molar-refractivity contribution is 0.0949. The maximum atomic E-state index is 11.6. The van der Waals surface area contributed by atoms with Crippen molar-refractivity contribution in [3.05, 3.63) is 5.01 Å². The van der Waals surface area contributed by atoms with Crippen molar-refractivity contribution in [3.8, 4) is 0 Å². The monoisotopic (exact) mass is 254 g/mol. The Labute approximate surface area is 105 Å². The van der Waals surface area contributed by atoms with Gasteiger partial charge in [-0.15, -0.1) is 10.2 Å². The second kappa shape index (κ2) is 5.95. The Bertz CT molecular complexity index is 373. The van der Waals surface area contributed by atoms with E-state index in [2.05, 4.69) is 15.5 Å². The molecule has 0 unspecified atom stereocenters. The van der Waals surface area contributed by atoms with Crippen molar-refractivity contribution in [3.63, 3.8) is 0 Å². The fourth-order valence-electron chi connectivity index (χ4n) is 2.27. The third kappa shape index (κ3) is 3.66. The van der Waals surface area contributed by atoms with Crippen molar-refractivity contribution in [2.75, 3.05) is 12.3 Å². The number of nitrogens with two attached hydrogens (primary N) is 1. The zero-order valence-electron chi connectivity index (χ0n) is 9.82. The highest BCUT2D eigenvalue weighted by molar-refractivity contribution is 7.16. The summed E-state index contributed by atoms with van der Waals surface area (Å²) in [6.45, 7) is 0.725. The molecule has 0 aliphatic heterocycles. The van der Waals surface area contributed by atoms with Crippen LogP contribution in [0.5, 0.6) is 0 Å². The van der Waals surface area contributed by atoms with Crippen LogP contribution in [0.4, 0.5) is 5.13 Å². The van der Waals surface area contributed by atoms with Gasteiger partial charge >= 0.3 is 0 Å². The number of nitrogens with one attached hydrogen (secondary N) is 1. The molecular weight excluding hydrogens is 236 g/mol. The van der Waals surface area contributed by atoms with Gasteiger partial charge in [0, 0.05) is 6.54 Å². The number of rotatable bonds is 4. The molecule has 3 N–H and O–H groups in total. The van der Waals surface area contributed by atoms with E-state index in [0.717, 1.165) is 30.2 Å². The molecule has 94 valence electrons. The number of amides is 1. The molecule has 0 atom stereocenters. The summed E-state index contributed by atoms with van der Waals surface area (Å²) in [5.74, 6) is 0.624. The van der Waals surface area contributed by atoms with Gasteiger partial charge in [-0.3, -0.25) is 4.79 Å². The van der Waals surface area contributed by atoms with Gasteiger partial charge in [-0.1, -0.05) is 43.4 Å². The third-order valence-corrected chi connectivity index (χ3v) is 3.95. The summed E-state index contributed by atoms with van der Waals surface area (Å²) in [6, 6.07) is 0. The first-order valence-corrected chi connectivity index (χ1v) is 6.94. The standard InChI is InChI=1S/C11H18N4OS/c12-11-15-14-10(17-11)9(16)13-7-6-8-4-2-1-3-5-8/h8H,1-7H2,(H2,12,15)(H,13,16). The van der Waals surface area contributed by atoms with Crippen LogP contribution < -0.4 is 11.1 Å². The minimum absolute atomic E-state index is 0.157. The molecule has 0 radical (unpaired) electrons. The largest absolute Gasteiger partial charge is 0.374 e. The van der Waals surface area contributed by atoms with Gasteiger partial charge in [0.2, 0.25) is 10.1 Å². The molecule has 1 amide bonds. The molecule has 1 aliphatic carbocycles. The van der Waals surface area contributed by atoms with Crippen LogP contribution in [0.15, 0.2) is 0 Å². The molecule has 1 aliphatic rings. The second-order valence-corrected chi connectivity index (χ2v) is 5.50. The lowest BCUT2D eigenvalue weighted by Gasteiger charge is -2.21. The topological polar surface area (TPSA) is 80.9 Å². The Hall–Kier alpha value is -1.17. The smallest absolute Gasteiger partial charge is 0.282 e. The minimum Gasteiger partial charge on any atom is -0.374 e. The molecular formula is C11H18N4OS. The number of hydrogen-bond donors (Lipinski definition) is 2. The van der Waals surface area contributed by atoms with Gasteiger partial charge in [-0.25, -0.2) is 0 Å². The van der Waals surface area contributed by atoms with Crippen LogP contribution in [0.1, 0.15) is 48.3 Å². The molecule has 1 saturated carbocycles. The highest BCUT2D eigenvalue weighted by Crippen LogP contribution is 2.25. The molecule has 0 bridgehead atoms. The van der Waals surface area contributed by atoms with E-state index in [4.69, 9.17) is 5.73 Å². The molecule has 0 aromatic carbocycles. The maximum absolute atomic E-state index is 11.6. The molecule has 1 aromatic heterocycles. The average molecular weight is 254 g/mol. The number of carbonyl (C=O) groups is 1. The SMILES string of the molecule is Nc1nnc(C(=O)NCCC2CCCCC2)s1. The van der Waals surface area contributed by atoms with Gasteiger partial charge in [0.1, 0.15) is 0 Å². The summed E-state index contributed by atoms with van der Waals surface area (Å²) in [7, 11) is 0. The molecule has 2 rings (SSSR count). The van der Waals surface area contributed by atoms with Crippen molar-refractivity contribution in [1.82, 2.24) is 15.5 Å². The van der Waals surface area contributed by atoms with E-state index < -0.39 is 0 Å². The van der Waals surface area contributed by atoms with Crippen LogP contribution in [0, 0.1) is 5.92 Å². The predicted molar refractivity (Wildman–Crippen MR) is 67.8 cm³/mol. The normalized spacial score (nSPS) is 16.9. The van der Waals surface area contributed by atoms with Crippen molar-refractivity contribution >= 4 is 22.4 Å². The van der Waals surface area contributed by atoms with Gasteiger partial charge in [0.15, 0.2) is 0 Å². The summed E-state index contributed by atoms with van der Waals surface area (Å²) in [5.41, 5.74) is 5.43. The van der Waals surface area contributed by atoms with E-state index >= 15 is 0 Å². The zero-order valence-corrected chi connectivity index (χ0v) is 10.6. The molecule has 6 heteroatoms. The number of aromatic nitrogens is 2. The Morgan fingerprint density at radius 2 is 2.12 bits per heavy atom. The Morgan fingerprint density at radius 3 is 2.76 bits per heavy atom. The van der Waals surface area contributed by atoms with Crippen molar-refractivity contribution in [1.29, 1.82) is 0 Å². The van der Waals surface area contributed by atoms with E-state index in [9.17, 15) is 4.79 Å². The van der Waals surface area contributed by atoms with Crippen LogP contribution in [0.25, 0.3) is 0 Å². The van der Waals surface area contributed by atoms with E-state index in [1.807, 2.05) is 0 Å². The lowest BCUT2D eigenvalue weighted by atomic mass is 9.87.